The van der Waals surface area contributed by atoms with E-state index in [0.717, 1.165) is 16.3 Å². The molecule has 1 amide bonds. The van der Waals surface area contributed by atoms with E-state index in [1.54, 1.807) is 18.2 Å². The molecular weight excluding hydrogens is 392 g/mol. The van der Waals surface area contributed by atoms with Crippen LogP contribution in [0.25, 0.3) is 0 Å². The highest BCUT2D eigenvalue weighted by Gasteiger charge is 2.23. The van der Waals surface area contributed by atoms with Gasteiger partial charge in [-0.1, -0.05) is 34.1 Å². The summed E-state index contributed by atoms with van der Waals surface area (Å²) >= 11 is 3.39. The van der Waals surface area contributed by atoms with Crippen molar-refractivity contribution in [3.8, 4) is 0 Å². The molecule has 2 aromatic rings. The van der Waals surface area contributed by atoms with Gasteiger partial charge in [-0.15, -0.1) is 0 Å². The molecule has 0 saturated carbocycles. The van der Waals surface area contributed by atoms with E-state index in [0.29, 0.717) is 11.3 Å². The Bertz CT molecular complexity index is 846. The SMILES string of the molecule is CC(C)(NC(=O)c1cccc(NS(C)(=O)=O)c1)c1ccc(Br)cc1. The van der Waals surface area contributed by atoms with Gasteiger partial charge in [0.1, 0.15) is 0 Å². The Morgan fingerprint density at radius 2 is 1.71 bits per heavy atom. The zero-order valence-electron chi connectivity index (χ0n) is 13.6. The van der Waals surface area contributed by atoms with Gasteiger partial charge in [0.2, 0.25) is 10.0 Å². The van der Waals surface area contributed by atoms with Crippen LogP contribution in [0.1, 0.15) is 29.8 Å². The third-order valence-corrected chi connectivity index (χ3v) is 4.56. The number of anilines is 1. The smallest absolute Gasteiger partial charge is 0.252 e. The zero-order chi connectivity index (χ0) is 18.0. The first kappa shape index (κ1) is 18.5. The molecule has 0 unspecified atom stereocenters. The van der Waals surface area contributed by atoms with E-state index in [9.17, 15) is 13.2 Å². The minimum absolute atomic E-state index is 0.278. The van der Waals surface area contributed by atoms with Crippen molar-refractivity contribution < 1.29 is 13.2 Å². The number of sulfonamides is 1. The first-order chi connectivity index (χ1) is 11.1. The van der Waals surface area contributed by atoms with Crippen LogP contribution in [-0.4, -0.2) is 20.6 Å². The average Bonchev–Trinajstić information content (AvgIpc) is 2.45. The maximum absolute atomic E-state index is 12.5. The lowest BCUT2D eigenvalue weighted by molar-refractivity contribution is 0.0912. The summed E-state index contributed by atoms with van der Waals surface area (Å²) < 4.78 is 25.9. The number of carbonyl (C=O) groups excluding carboxylic acids is 1. The Labute approximate surface area is 150 Å². The van der Waals surface area contributed by atoms with Crippen LogP contribution in [0, 0.1) is 0 Å². The molecule has 2 N–H and O–H groups in total. The van der Waals surface area contributed by atoms with Gasteiger partial charge in [-0.25, -0.2) is 8.42 Å². The van der Waals surface area contributed by atoms with Crippen LogP contribution in [0.5, 0.6) is 0 Å². The van der Waals surface area contributed by atoms with Gasteiger partial charge in [-0.3, -0.25) is 9.52 Å². The Kier molecular flexibility index (Phi) is 5.35. The fraction of sp³-hybridized carbons (Fsp3) is 0.235. The molecular formula is C17H19BrN2O3S. The van der Waals surface area contributed by atoms with Crippen LogP contribution in [0.15, 0.2) is 53.0 Å². The maximum Gasteiger partial charge on any atom is 0.252 e. The number of nitrogens with one attached hydrogen (secondary N) is 2. The van der Waals surface area contributed by atoms with Gasteiger partial charge < -0.3 is 5.32 Å². The standard InChI is InChI=1S/C17H19BrN2O3S/c1-17(2,13-7-9-14(18)10-8-13)19-16(21)12-5-4-6-15(11-12)20-24(3,22)23/h4-11,20H,1-3H3,(H,19,21). The minimum atomic E-state index is -3.39. The van der Waals surface area contributed by atoms with E-state index in [1.807, 2.05) is 38.1 Å². The average molecular weight is 411 g/mol. The van der Waals surface area contributed by atoms with Gasteiger partial charge in [0.15, 0.2) is 0 Å². The van der Waals surface area contributed by atoms with E-state index < -0.39 is 15.6 Å². The minimum Gasteiger partial charge on any atom is -0.343 e. The van der Waals surface area contributed by atoms with Crippen molar-refractivity contribution in [2.75, 3.05) is 11.0 Å². The fourth-order valence-electron chi connectivity index (χ4n) is 2.23. The number of rotatable bonds is 5. The zero-order valence-corrected chi connectivity index (χ0v) is 16.0. The van der Waals surface area contributed by atoms with Crippen LogP contribution in [-0.2, 0) is 15.6 Å². The fourth-order valence-corrected chi connectivity index (χ4v) is 3.05. The molecule has 0 aromatic heterocycles. The van der Waals surface area contributed by atoms with Crippen LogP contribution in [0.4, 0.5) is 5.69 Å². The van der Waals surface area contributed by atoms with Gasteiger partial charge in [-0.2, -0.15) is 0 Å². The highest BCUT2D eigenvalue weighted by atomic mass is 79.9. The molecule has 5 nitrogen and oxygen atoms in total. The van der Waals surface area contributed by atoms with Gasteiger partial charge in [0, 0.05) is 15.7 Å². The second-order valence-corrected chi connectivity index (χ2v) is 8.71. The van der Waals surface area contributed by atoms with Crippen LogP contribution >= 0.6 is 15.9 Å². The number of benzene rings is 2. The van der Waals surface area contributed by atoms with Crippen molar-refractivity contribution in [2.24, 2.45) is 0 Å². The lowest BCUT2D eigenvalue weighted by Gasteiger charge is -2.27. The normalized spacial score (nSPS) is 11.8. The summed E-state index contributed by atoms with van der Waals surface area (Å²) in [5, 5.41) is 2.97. The molecule has 24 heavy (non-hydrogen) atoms. The van der Waals surface area contributed by atoms with Crippen molar-refractivity contribution in [1.29, 1.82) is 0 Å². The summed E-state index contributed by atoms with van der Waals surface area (Å²) in [6.07, 6.45) is 1.07. The van der Waals surface area contributed by atoms with Crippen molar-refractivity contribution in [3.05, 3.63) is 64.1 Å². The highest BCUT2D eigenvalue weighted by Crippen LogP contribution is 2.23. The molecule has 0 saturated heterocycles. The molecule has 0 heterocycles. The number of halogens is 1. The van der Waals surface area contributed by atoms with Crippen LogP contribution in [0.3, 0.4) is 0 Å². The molecule has 2 rings (SSSR count). The first-order valence-electron chi connectivity index (χ1n) is 7.23. The van der Waals surface area contributed by atoms with Gasteiger partial charge in [-0.05, 0) is 49.7 Å². The monoisotopic (exact) mass is 410 g/mol. The van der Waals surface area contributed by atoms with E-state index in [1.165, 1.54) is 6.07 Å². The summed E-state index contributed by atoms with van der Waals surface area (Å²) in [5.74, 6) is -0.278. The van der Waals surface area contributed by atoms with E-state index in [4.69, 9.17) is 0 Å². The molecule has 0 fully saturated rings. The largest absolute Gasteiger partial charge is 0.343 e. The van der Waals surface area contributed by atoms with Gasteiger partial charge >= 0.3 is 0 Å². The summed E-state index contributed by atoms with van der Waals surface area (Å²) in [6.45, 7) is 3.82. The number of hydrogen-bond acceptors (Lipinski definition) is 3. The van der Waals surface area contributed by atoms with Crippen molar-refractivity contribution in [2.45, 2.75) is 19.4 Å². The summed E-state index contributed by atoms with van der Waals surface area (Å²) in [4.78, 5) is 12.5. The van der Waals surface area contributed by atoms with E-state index in [-0.39, 0.29) is 5.91 Å². The van der Waals surface area contributed by atoms with Crippen LogP contribution in [0.2, 0.25) is 0 Å². The second kappa shape index (κ2) is 6.94. The molecule has 0 spiro atoms. The molecule has 0 atom stereocenters. The Balaban J connectivity index is 2.20. The second-order valence-electron chi connectivity index (χ2n) is 6.04. The van der Waals surface area contributed by atoms with Crippen LogP contribution < -0.4 is 10.0 Å². The first-order valence-corrected chi connectivity index (χ1v) is 9.92. The number of hydrogen-bond donors (Lipinski definition) is 2. The quantitative estimate of drug-likeness (QED) is 0.791. The number of carbonyl (C=O) groups is 1. The Morgan fingerprint density at radius 3 is 2.29 bits per heavy atom. The molecule has 0 aliphatic carbocycles. The van der Waals surface area contributed by atoms with Crippen molar-refractivity contribution in [1.82, 2.24) is 5.32 Å². The lowest BCUT2D eigenvalue weighted by Crippen LogP contribution is -2.41. The lowest BCUT2D eigenvalue weighted by atomic mass is 9.94. The molecule has 128 valence electrons. The maximum atomic E-state index is 12.5. The van der Waals surface area contributed by atoms with E-state index >= 15 is 0 Å². The predicted molar refractivity (Wildman–Crippen MR) is 99.5 cm³/mol. The van der Waals surface area contributed by atoms with Gasteiger partial charge in [0.05, 0.1) is 11.8 Å². The predicted octanol–water partition coefficient (Wildman–Crippen LogP) is 3.49. The third kappa shape index (κ3) is 5.07. The summed E-state index contributed by atoms with van der Waals surface area (Å²) in [7, 11) is -3.39. The molecule has 0 aliphatic rings. The summed E-state index contributed by atoms with van der Waals surface area (Å²) in [5.41, 5.74) is 1.13. The summed E-state index contributed by atoms with van der Waals surface area (Å²) in [6, 6.07) is 14.1. The molecule has 0 aliphatic heterocycles. The Morgan fingerprint density at radius 1 is 1.08 bits per heavy atom. The molecule has 2 aromatic carbocycles. The number of amides is 1. The molecule has 7 heteroatoms. The van der Waals surface area contributed by atoms with Gasteiger partial charge in [0.25, 0.3) is 5.91 Å². The molecule has 0 radical (unpaired) electrons. The topological polar surface area (TPSA) is 75.3 Å². The highest BCUT2D eigenvalue weighted by molar-refractivity contribution is 9.10. The third-order valence-electron chi connectivity index (χ3n) is 3.42. The van der Waals surface area contributed by atoms with Crippen molar-refractivity contribution in [3.63, 3.8) is 0 Å². The molecule has 0 bridgehead atoms. The van der Waals surface area contributed by atoms with Crippen molar-refractivity contribution >= 4 is 37.5 Å². The van der Waals surface area contributed by atoms with E-state index in [2.05, 4.69) is 26.0 Å². The Hall–Kier alpha value is -1.86.